The summed E-state index contributed by atoms with van der Waals surface area (Å²) in [6.07, 6.45) is 2.36. The van der Waals surface area contributed by atoms with Gasteiger partial charge in [-0.2, -0.15) is 0 Å². The summed E-state index contributed by atoms with van der Waals surface area (Å²) in [6, 6.07) is -0.150. The fraction of sp³-hybridized carbons (Fsp3) is 0.909. The third-order valence-corrected chi connectivity index (χ3v) is 3.20. The van der Waals surface area contributed by atoms with Gasteiger partial charge in [-0.3, -0.25) is 9.69 Å². The Kier molecular flexibility index (Phi) is 4.54. The summed E-state index contributed by atoms with van der Waals surface area (Å²) < 4.78 is 0. The minimum atomic E-state index is -0.726. The maximum Gasteiger partial charge on any atom is 0.320 e. The second kappa shape index (κ2) is 5.47. The third kappa shape index (κ3) is 2.92. The Labute approximate surface area is 90.9 Å². The van der Waals surface area contributed by atoms with E-state index in [4.69, 9.17) is 10.2 Å². The van der Waals surface area contributed by atoms with Gasteiger partial charge in [0.15, 0.2) is 0 Å². The highest BCUT2D eigenvalue weighted by atomic mass is 16.4. The van der Waals surface area contributed by atoms with Gasteiger partial charge in [0.2, 0.25) is 0 Å². The first-order chi connectivity index (χ1) is 7.07. The smallest absolute Gasteiger partial charge is 0.320 e. The average molecular weight is 215 g/mol. The van der Waals surface area contributed by atoms with E-state index >= 15 is 0 Å². The monoisotopic (exact) mass is 215 g/mol. The number of aliphatic carboxylic acids is 1. The van der Waals surface area contributed by atoms with Crippen molar-refractivity contribution in [3.05, 3.63) is 0 Å². The van der Waals surface area contributed by atoms with Crippen LogP contribution in [0.4, 0.5) is 0 Å². The van der Waals surface area contributed by atoms with Gasteiger partial charge in [0, 0.05) is 12.6 Å². The van der Waals surface area contributed by atoms with Crippen molar-refractivity contribution in [2.45, 2.75) is 45.2 Å². The molecule has 2 N–H and O–H groups in total. The predicted octanol–water partition coefficient (Wildman–Crippen LogP) is 0.942. The first-order valence-electron chi connectivity index (χ1n) is 5.67. The SMILES string of the molecule is CC(C)C(CCO)N1CCCC1C(=O)O. The zero-order chi connectivity index (χ0) is 11.4. The molecule has 0 aromatic carbocycles. The number of aliphatic hydroxyl groups is 1. The number of hydrogen-bond donors (Lipinski definition) is 2. The molecule has 1 saturated heterocycles. The molecule has 0 aliphatic carbocycles. The van der Waals surface area contributed by atoms with Crippen molar-refractivity contribution in [2.75, 3.05) is 13.2 Å². The Morgan fingerprint density at radius 2 is 2.20 bits per heavy atom. The largest absolute Gasteiger partial charge is 0.480 e. The Balaban J connectivity index is 2.69. The quantitative estimate of drug-likeness (QED) is 0.716. The van der Waals surface area contributed by atoms with Gasteiger partial charge >= 0.3 is 5.97 Å². The molecule has 15 heavy (non-hydrogen) atoms. The lowest BCUT2D eigenvalue weighted by Crippen LogP contribution is -2.46. The molecule has 0 radical (unpaired) electrons. The van der Waals surface area contributed by atoms with E-state index in [2.05, 4.69) is 13.8 Å². The summed E-state index contributed by atoms with van der Waals surface area (Å²) >= 11 is 0. The maximum absolute atomic E-state index is 11.0. The predicted molar refractivity (Wildman–Crippen MR) is 57.7 cm³/mol. The van der Waals surface area contributed by atoms with Crippen LogP contribution in [-0.2, 0) is 4.79 Å². The van der Waals surface area contributed by atoms with Crippen LogP contribution in [0.25, 0.3) is 0 Å². The summed E-state index contributed by atoms with van der Waals surface area (Å²) in [5, 5.41) is 18.1. The molecule has 0 aromatic rings. The van der Waals surface area contributed by atoms with Crippen molar-refractivity contribution in [3.63, 3.8) is 0 Å². The third-order valence-electron chi connectivity index (χ3n) is 3.20. The van der Waals surface area contributed by atoms with Crippen molar-refractivity contribution in [1.29, 1.82) is 0 Å². The molecular weight excluding hydrogens is 194 g/mol. The Hall–Kier alpha value is -0.610. The number of aliphatic hydroxyl groups excluding tert-OH is 1. The van der Waals surface area contributed by atoms with Crippen LogP contribution in [0.15, 0.2) is 0 Å². The van der Waals surface area contributed by atoms with Crippen LogP contribution in [-0.4, -0.2) is 46.3 Å². The van der Waals surface area contributed by atoms with Gasteiger partial charge in [-0.05, 0) is 31.7 Å². The summed E-state index contributed by atoms with van der Waals surface area (Å²) in [5.74, 6) is -0.340. The summed E-state index contributed by atoms with van der Waals surface area (Å²) in [5.41, 5.74) is 0. The lowest BCUT2D eigenvalue weighted by Gasteiger charge is -2.33. The van der Waals surface area contributed by atoms with E-state index in [0.717, 1.165) is 19.4 Å². The molecule has 0 amide bonds. The molecule has 1 aliphatic rings. The number of rotatable bonds is 5. The Bertz CT molecular complexity index is 218. The molecule has 1 heterocycles. The fourth-order valence-electron chi connectivity index (χ4n) is 2.47. The molecule has 1 rings (SSSR count). The molecule has 0 bridgehead atoms. The van der Waals surface area contributed by atoms with Crippen LogP contribution in [0.3, 0.4) is 0 Å². The van der Waals surface area contributed by atoms with Gasteiger partial charge in [-0.25, -0.2) is 0 Å². The molecule has 2 unspecified atom stereocenters. The number of carboxylic acid groups (broad SMARTS) is 1. The number of likely N-dealkylation sites (tertiary alicyclic amines) is 1. The first kappa shape index (κ1) is 12.5. The van der Waals surface area contributed by atoms with E-state index in [-0.39, 0.29) is 18.7 Å². The fourth-order valence-corrected chi connectivity index (χ4v) is 2.47. The minimum absolute atomic E-state index is 0.131. The lowest BCUT2D eigenvalue weighted by molar-refractivity contribution is -0.143. The molecule has 4 heteroatoms. The molecule has 4 nitrogen and oxygen atoms in total. The van der Waals surface area contributed by atoms with Crippen LogP contribution >= 0.6 is 0 Å². The van der Waals surface area contributed by atoms with E-state index in [0.29, 0.717) is 12.3 Å². The highest BCUT2D eigenvalue weighted by Gasteiger charge is 2.35. The Morgan fingerprint density at radius 1 is 1.53 bits per heavy atom. The van der Waals surface area contributed by atoms with E-state index in [9.17, 15) is 4.79 Å². The van der Waals surface area contributed by atoms with Gasteiger partial charge in [0.1, 0.15) is 6.04 Å². The number of nitrogens with zero attached hydrogens (tertiary/aromatic N) is 1. The molecule has 0 saturated carbocycles. The van der Waals surface area contributed by atoms with E-state index in [1.807, 2.05) is 4.90 Å². The zero-order valence-corrected chi connectivity index (χ0v) is 9.52. The van der Waals surface area contributed by atoms with Crippen molar-refractivity contribution in [2.24, 2.45) is 5.92 Å². The topological polar surface area (TPSA) is 60.8 Å². The second-order valence-corrected chi connectivity index (χ2v) is 4.56. The van der Waals surface area contributed by atoms with E-state index in [1.54, 1.807) is 0 Å². The average Bonchev–Trinajstić information content (AvgIpc) is 2.61. The maximum atomic E-state index is 11.0. The van der Waals surface area contributed by atoms with Gasteiger partial charge < -0.3 is 10.2 Å². The number of carbonyl (C=O) groups is 1. The van der Waals surface area contributed by atoms with Gasteiger partial charge in [0.25, 0.3) is 0 Å². The molecule has 88 valence electrons. The van der Waals surface area contributed by atoms with Crippen molar-refractivity contribution < 1.29 is 15.0 Å². The van der Waals surface area contributed by atoms with Gasteiger partial charge in [-0.1, -0.05) is 13.8 Å². The zero-order valence-electron chi connectivity index (χ0n) is 9.52. The van der Waals surface area contributed by atoms with Crippen molar-refractivity contribution in [3.8, 4) is 0 Å². The normalized spacial score (nSPS) is 24.7. The lowest BCUT2D eigenvalue weighted by atomic mass is 9.98. The number of hydrogen-bond acceptors (Lipinski definition) is 3. The van der Waals surface area contributed by atoms with Gasteiger partial charge in [0.05, 0.1) is 0 Å². The van der Waals surface area contributed by atoms with E-state index < -0.39 is 5.97 Å². The van der Waals surface area contributed by atoms with Crippen molar-refractivity contribution in [1.82, 2.24) is 4.90 Å². The Morgan fingerprint density at radius 3 is 2.67 bits per heavy atom. The summed E-state index contributed by atoms with van der Waals surface area (Å²) in [6.45, 7) is 5.14. The molecular formula is C11H21NO3. The van der Waals surface area contributed by atoms with Crippen LogP contribution in [0.5, 0.6) is 0 Å². The standard InChI is InChI=1S/C11H21NO3/c1-8(2)9(5-7-13)12-6-3-4-10(12)11(14)15/h8-10,13H,3-7H2,1-2H3,(H,14,15). The molecule has 0 aromatic heterocycles. The molecule has 1 aliphatic heterocycles. The van der Waals surface area contributed by atoms with Gasteiger partial charge in [-0.15, -0.1) is 0 Å². The minimum Gasteiger partial charge on any atom is -0.480 e. The molecule has 1 fully saturated rings. The highest BCUT2D eigenvalue weighted by Crippen LogP contribution is 2.25. The van der Waals surface area contributed by atoms with Crippen LogP contribution < -0.4 is 0 Å². The van der Waals surface area contributed by atoms with Crippen LogP contribution in [0.2, 0.25) is 0 Å². The summed E-state index contributed by atoms with van der Waals surface area (Å²) in [7, 11) is 0. The second-order valence-electron chi connectivity index (χ2n) is 4.56. The van der Waals surface area contributed by atoms with Crippen LogP contribution in [0.1, 0.15) is 33.1 Å². The van der Waals surface area contributed by atoms with E-state index in [1.165, 1.54) is 0 Å². The highest BCUT2D eigenvalue weighted by molar-refractivity contribution is 5.73. The molecule has 2 atom stereocenters. The molecule has 0 spiro atoms. The number of carboxylic acids is 1. The first-order valence-corrected chi connectivity index (χ1v) is 5.67. The van der Waals surface area contributed by atoms with Crippen molar-refractivity contribution >= 4 is 5.97 Å². The summed E-state index contributed by atoms with van der Waals surface area (Å²) in [4.78, 5) is 13.1. The van der Waals surface area contributed by atoms with Crippen LogP contribution in [0, 0.1) is 5.92 Å².